The van der Waals surface area contributed by atoms with Crippen LogP contribution in [0.4, 0.5) is 0 Å². The lowest BCUT2D eigenvalue weighted by atomic mass is 10.1. The molecule has 2 heteroatoms. The Hall–Kier alpha value is -1.28. The number of ether oxygens (including phenoxy) is 1. The van der Waals surface area contributed by atoms with Gasteiger partial charge >= 0.3 is 0 Å². The molecule has 1 fully saturated rings. The molecule has 0 amide bonds. The molecule has 2 rings (SSSR count). The normalized spacial score (nSPS) is 16.7. The Morgan fingerprint density at radius 1 is 1.18 bits per heavy atom. The molecule has 17 heavy (non-hydrogen) atoms. The lowest BCUT2D eigenvalue weighted by molar-refractivity contribution is -0.918. The summed E-state index contributed by atoms with van der Waals surface area (Å²) in [6.07, 6.45) is 5.93. The van der Waals surface area contributed by atoms with Crippen LogP contribution in [0, 0.1) is 0 Å². The number of quaternary nitrogens is 1. The number of likely N-dealkylation sites (tertiary alicyclic amines) is 1. The van der Waals surface area contributed by atoms with E-state index in [0.29, 0.717) is 6.61 Å². The minimum Gasteiger partial charge on any atom is -0.489 e. The van der Waals surface area contributed by atoms with Gasteiger partial charge in [0.05, 0.1) is 13.1 Å². The summed E-state index contributed by atoms with van der Waals surface area (Å²) in [5, 5.41) is 0. The number of nitrogens with one attached hydrogen (secondary N) is 1. The third-order valence-electron chi connectivity index (χ3n) is 3.33. The fraction of sp³-hybridized carbons (Fsp3) is 0.467. The molecule has 1 aromatic rings. The van der Waals surface area contributed by atoms with Gasteiger partial charge in [-0.25, -0.2) is 0 Å². The maximum absolute atomic E-state index is 5.70. The van der Waals surface area contributed by atoms with Crippen LogP contribution in [-0.2, 0) is 6.54 Å². The molecule has 0 spiro atoms. The summed E-state index contributed by atoms with van der Waals surface area (Å²) in [6, 6.07) is 8.37. The van der Waals surface area contributed by atoms with Crippen LogP contribution < -0.4 is 9.64 Å². The molecule has 0 saturated carbocycles. The van der Waals surface area contributed by atoms with Crippen molar-refractivity contribution in [1.29, 1.82) is 0 Å². The predicted octanol–water partition coefficient (Wildman–Crippen LogP) is 1.82. The van der Waals surface area contributed by atoms with Crippen LogP contribution in [0.2, 0.25) is 0 Å². The monoisotopic (exact) mass is 232 g/mol. The number of hydrogen-bond acceptors (Lipinski definition) is 1. The van der Waals surface area contributed by atoms with Crippen molar-refractivity contribution in [3.63, 3.8) is 0 Å². The van der Waals surface area contributed by atoms with Crippen LogP contribution in [0.1, 0.15) is 24.8 Å². The van der Waals surface area contributed by atoms with Crippen molar-refractivity contribution in [1.82, 2.24) is 0 Å². The number of para-hydroxylation sites is 1. The van der Waals surface area contributed by atoms with Gasteiger partial charge in [0.15, 0.2) is 0 Å². The van der Waals surface area contributed by atoms with Crippen LogP contribution in [-0.4, -0.2) is 19.7 Å². The number of benzene rings is 1. The highest BCUT2D eigenvalue weighted by molar-refractivity contribution is 5.32. The summed E-state index contributed by atoms with van der Waals surface area (Å²) in [5.41, 5.74) is 1.33. The van der Waals surface area contributed by atoms with Crippen LogP contribution in [0.5, 0.6) is 5.75 Å². The molecule has 1 heterocycles. The molecule has 1 N–H and O–H groups in total. The lowest BCUT2D eigenvalue weighted by Gasteiger charge is -2.24. The van der Waals surface area contributed by atoms with Crippen LogP contribution >= 0.6 is 0 Å². The van der Waals surface area contributed by atoms with E-state index >= 15 is 0 Å². The fourth-order valence-electron chi connectivity index (χ4n) is 2.44. The molecule has 1 aromatic carbocycles. The van der Waals surface area contributed by atoms with E-state index in [4.69, 9.17) is 4.74 Å². The van der Waals surface area contributed by atoms with Crippen molar-refractivity contribution in [2.45, 2.75) is 25.8 Å². The van der Waals surface area contributed by atoms with Gasteiger partial charge in [-0.05, 0) is 31.4 Å². The van der Waals surface area contributed by atoms with Gasteiger partial charge in [0.1, 0.15) is 18.9 Å². The third-order valence-corrected chi connectivity index (χ3v) is 3.33. The molecule has 1 aliphatic rings. The SMILES string of the molecule is C=CCOc1ccccc1C[NH+]1CCCCC1. The lowest BCUT2D eigenvalue weighted by Crippen LogP contribution is -3.11. The van der Waals surface area contributed by atoms with Crippen LogP contribution in [0.25, 0.3) is 0 Å². The van der Waals surface area contributed by atoms with Crippen molar-refractivity contribution in [3.8, 4) is 5.75 Å². The molecule has 0 bridgehead atoms. The zero-order chi connectivity index (χ0) is 11.9. The van der Waals surface area contributed by atoms with Crippen molar-refractivity contribution in [3.05, 3.63) is 42.5 Å². The Balaban J connectivity index is 2.00. The molecule has 0 aromatic heterocycles. The second-order valence-electron chi connectivity index (χ2n) is 4.69. The highest BCUT2D eigenvalue weighted by Gasteiger charge is 2.15. The minimum atomic E-state index is 0.590. The Morgan fingerprint density at radius 2 is 1.94 bits per heavy atom. The van der Waals surface area contributed by atoms with Crippen molar-refractivity contribution in [2.24, 2.45) is 0 Å². The van der Waals surface area contributed by atoms with Gasteiger partial charge in [0.25, 0.3) is 0 Å². The molecule has 0 unspecified atom stereocenters. The summed E-state index contributed by atoms with van der Waals surface area (Å²) in [6.45, 7) is 7.97. The number of hydrogen-bond donors (Lipinski definition) is 1. The van der Waals surface area contributed by atoms with E-state index in [1.54, 1.807) is 11.0 Å². The summed E-state index contributed by atoms with van der Waals surface area (Å²) in [5.74, 6) is 1.02. The summed E-state index contributed by atoms with van der Waals surface area (Å²) in [7, 11) is 0. The first kappa shape index (κ1) is 12.2. The van der Waals surface area contributed by atoms with Gasteiger partial charge in [-0.15, -0.1) is 0 Å². The second kappa shape index (κ2) is 6.45. The minimum absolute atomic E-state index is 0.590. The number of rotatable bonds is 5. The Kier molecular flexibility index (Phi) is 4.63. The fourth-order valence-corrected chi connectivity index (χ4v) is 2.44. The van der Waals surface area contributed by atoms with Gasteiger partial charge in [-0.3, -0.25) is 0 Å². The highest BCUT2D eigenvalue weighted by atomic mass is 16.5. The van der Waals surface area contributed by atoms with Crippen molar-refractivity contribution in [2.75, 3.05) is 19.7 Å². The molecule has 92 valence electrons. The highest BCUT2D eigenvalue weighted by Crippen LogP contribution is 2.17. The molecular formula is C15H22NO+. The van der Waals surface area contributed by atoms with E-state index in [1.807, 2.05) is 6.07 Å². The Bertz CT molecular complexity index is 356. The molecule has 2 nitrogen and oxygen atoms in total. The van der Waals surface area contributed by atoms with Crippen LogP contribution in [0.3, 0.4) is 0 Å². The second-order valence-corrected chi connectivity index (χ2v) is 4.69. The van der Waals surface area contributed by atoms with Gasteiger partial charge < -0.3 is 9.64 Å². The van der Waals surface area contributed by atoms with Gasteiger partial charge in [0, 0.05) is 5.56 Å². The van der Waals surface area contributed by atoms with E-state index in [-0.39, 0.29) is 0 Å². The average Bonchev–Trinajstić information content (AvgIpc) is 2.39. The first-order valence-corrected chi connectivity index (χ1v) is 6.55. The van der Waals surface area contributed by atoms with E-state index in [0.717, 1.165) is 12.3 Å². The quantitative estimate of drug-likeness (QED) is 0.765. The Morgan fingerprint density at radius 3 is 2.71 bits per heavy atom. The molecule has 1 aliphatic heterocycles. The molecular weight excluding hydrogens is 210 g/mol. The molecule has 0 aliphatic carbocycles. The van der Waals surface area contributed by atoms with Gasteiger partial charge in [-0.1, -0.05) is 24.8 Å². The van der Waals surface area contributed by atoms with Crippen LogP contribution in [0.15, 0.2) is 36.9 Å². The maximum atomic E-state index is 5.70. The van der Waals surface area contributed by atoms with E-state index in [2.05, 4.69) is 24.8 Å². The summed E-state index contributed by atoms with van der Waals surface area (Å²) < 4.78 is 5.70. The smallest absolute Gasteiger partial charge is 0.128 e. The maximum Gasteiger partial charge on any atom is 0.128 e. The largest absolute Gasteiger partial charge is 0.489 e. The van der Waals surface area contributed by atoms with Gasteiger partial charge in [-0.2, -0.15) is 0 Å². The van der Waals surface area contributed by atoms with Crippen molar-refractivity contribution < 1.29 is 9.64 Å². The predicted molar refractivity (Wildman–Crippen MR) is 70.4 cm³/mol. The van der Waals surface area contributed by atoms with E-state index in [1.165, 1.54) is 37.9 Å². The average molecular weight is 232 g/mol. The third kappa shape index (κ3) is 3.60. The summed E-state index contributed by atoms with van der Waals surface area (Å²) in [4.78, 5) is 1.69. The van der Waals surface area contributed by atoms with E-state index < -0.39 is 0 Å². The van der Waals surface area contributed by atoms with Gasteiger partial charge in [0.2, 0.25) is 0 Å². The standard InChI is InChI=1S/C15H21NO/c1-2-12-17-15-9-5-4-8-14(15)13-16-10-6-3-7-11-16/h2,4-5,8-9H,1,3,6-7,10-13H2/p+1. The van der Waals surface area contributed by atoms with E-state index in [9.17, 15) is 0 Å². The van der Waals surface area contributed by atoms with Crippen molar-refractivity contribution >= 4 is 0 Å². The zero-order valence-electron chi connectivity index (χ0n) is 10.5. The topological polar surface area (TPSA) is 13.7 Å². The molecule has 1 saturated heterocycles. The zero-order valence-corrected chi connectivity index (χ0v) is 10.5. The molecule has 0 radical (unpaired) electrons. The first-order valence-electron chi connectivity index (χ1n) is 6.55. The summed E-state index contributed by atoms with van der Waals surface area (Å²) >= 11 is 0. The first-order chi connectivity index (χ1) is 8.40. The number of piperidine rings is 1. The molecule has 0 atom stereocenters. The Labute approximate surface area is 104 Å².